The number of aromatic amines is 1. The number of H-pyrrole nitrogens is 1. The Morgan fingerprint density at radius 3 is 2.77 bits per heavy atom. The molecule has 1 heterocycles. The molecule has 140 valence electrons. The van der Waals surface area contributed by atoms with Crippen molar-refractivity contribution in [3.8, 4) is 11.5 Å². The molecule has 0 aliphatic heterocycles. The highest BCUT2D eigenvalue weighted by Gasteiger charge is 2.31. The van der Waals surface area contributed by atoms with E-state index in [1.165, 1.54) is 0 Å². The van der Waals surface area contributed by atoms with Crippen molar-refractivity contribution in [2.24, 2.45) is 0 Å². The summed E-state index contributed by atoms with van der Waals surface area (Å²) in [5, 5.41) is 3.09. The molecule has 6 heteroatoms. The van der Waals surface area contributed by atoms with Gasteiger partial charge in [-0.2, -0.15) is 0 Å². The van der Waals surface area contributed by atoms with Gasteiger partial charge in [0.25, 0.3) is 5.91 Å². The van der Waals surface area contributed by atoms with Crippen molar-refractivity contribution in [2.75, 3.05) is 6.61 Å². The van der Waals surface area contributed by atoms with E-state index < -0.39 is 0 Å². The summed E-state index contributed by atoms with van der Waals surface area (Å²) in [6, 6.07) is 7.64. The number of carbonyl (C=O) groups is 1. The Labute approximate surface area is 154 Å². The van der Waals surface area contributed by atoms with E-state index in [0.29, 0.717) is 12.3 Å². The number of imidazole rings is 1. The summed E-state index contributed by atoms with van der Waals surface area (Å²) in [6.45, 7) is 6.61. The highest BCUT2D eigenvalue weighted by Crippen LogP contribution is 2.31. The lowest BCUT2D eigenvalue weighted by atomic mass is 10.2. The van der Waals surface area contributed by atoms with Crippen LogP contribution in [0.5, 0.6) is 11.5 Å². The molecule has 0 bridgehead atoms. The number of nitrogens with one attached hydrogen (secondary N) is 2. The molecule has 1 amide bonds. The molecular weight excluding hydrogens is 330 g/mol. The van der Waals surface area contributed by atoms with Crippen molar-refractivity contribution in [1.82, 2.24) is 15.3 Å². The molecule has 6 nitrogen and oxygen atoms in total. The van der Waals surface area contributed by atoms with Gasteiger partial charge in [0.1, 0.15) is 17.6 Å². The quantitative estimate of drug-likeness (QED) is 0.793. The largest absolute Gasteiger partial charge is 0.490 e. The molecule has 1 aromatic heterocycles. The van der Waals surface area contributed by atoms with Gasteiger partial charge in [0.15, 0.2) is 11.5 Å². The minimum atomic E-state index is -0.136. The third kappa shape index (κ3) is 4.18. The van der Waals surface area contributed by atoms with E-state index in [-0.39, 0.29) is 24.0 Å². The third-order valence-electron chi connectivity index (χ3n) is 4.58. The summed E-state index contributed by atoms with van der Waals surface area (Å²) >= 11 is 0. The van der Waals surface area contributed by atoms with E-state index in [1.807, 2.05) is 45.0 Å². The van der Waals surface area contributed by atoms with Crippen LogP contribution in [0.4, 0.5) is 0 Å². The zero-order chi connectivity index (χ0) is 18.5. The van der Waals surface area contributed by atoms with Crippen molar-refractivity contribution in [3.05, 3.63) is 42.0 Å². The highest BCUT2D eigenvalue weighted by molar-refractivity contribution is 5.92. The number of ether oxygens (including phenoxy) is 2. The Bertz CT molecular complexity index is 741. The van der Waals surface area contributed by atoms with E-state index in [9.17, 15) is 4.79 Å². The molecular formula is C20H27N3O3. The fourth-order valence-electron chi connectivity index (χ4n) is 3.21. The number of benzene rings is 1. The van der Waals surface area contributed by atoms with Crippen molar-refractivity contribution in [1.29, 1.82) is 0 Å². The molecule has 1 aliphatic rings. The van der Waals surface area contributed by atoms with Crippen LogP contribution in [0.3, 0.4) is 0 Å². The van der Waals surface area contributed by atoms with Crippen LogP contribution >= 0.6 is 0 Å². The van der Waals surface area contributed by atoms with Crippen molar-refractivity contribution < 1.29 is 14.3 Å². The Morgan fingerprint density at radius 1 is 1.31 bits per heavy atom. The van der Waals surface area contributed by atoms with Gasteiger partial charge in [-0.05, 0) is 38.3 Å². The van der Waals surface area contributed by atoms with Crippen LogP contribution in [0, 0.1) is 0 Å². The number of carbonyl (C=O) groups excluding carboxylic acids is 1. The number of nitrogens with zero attached hydrogens (tertiary/aromatic N) is 1. The highest BCUT2D eigenvalue weighted by atomic mass is 16.5. The maximum absolute atomic E-state index is 12.5. The van der Waals surface area contributed by atoms with Crippen LogP contribution in [0.15, 0.2) is 30.5 Å². The fourth-order valence-corrected chi connectivity index (χ4v) is 3.21. The van der Waals surface area contributed by atoms with Crippen LogP contribution in [-0.4, -0.2) is 34.6 Å². The smallest absolute Gasteiger partial charge is 0.269 e. The van der Waals surface area contributed by atoms with E-state index in [4.69, 9.17) is 9.47 Å². The van der Waals surface area contributed by atoms with Crippen LogP contribution in [0.2, 0.25) is 0 Å². The molecule has 1 fully saturated rings. The summed E-state index contributed by atoms with van der Waals surface area (Å²) in [6.07, 6.45) is 4.37. The standard InChI is InChI=1S/C20H27N3O3/c1-4-25-17-9-5-6-10-18(17)26-16-11-7-8-14(16)23-20(24)15-12-21-19(22-15)13(2)3/h5-6,9-10,12-14,16H,4,7-8,11H2,1-3H3,(H,21,22)(H,23,24)/t14-,16-/m1/s1. The summed E-state index contributed by atoms with van der Waals surface area (Å²) in [5.41, 5.74) is 0.495. The van der Waals surface area contributed by atoms with Gasteiger partial charge in [0.2, 0.25) is 0 Å². The number of hydrogen-bond donors (Lipinski definition) is 2. The predicted molar refractivity (Wildman–Crippen MR) is 99.8 cm³/mol. The molecule has 0 spiro atoms. The molecule has 0 unspecified atom stereocenters. The van der Waals surface area contributed by atoms with Crippen LogP contribution < -0.4 is 14.8 Å². The minimum Gasteiger partial charge on any atom is -0.490 e. The Morgan fingerprint density at radius 2 is 2.08 bits per heavy atom. The zero-order valence-electron chi connectivity index (χ0n) is 15.6. The van der Waals surface area contributed by atoms with Crippen LogP contribution in [-0.2, 0) is 0 Å². The van der Waals surface area contributed by atoms with Crippen molar-refractivity contribution in [2.45, 2.75) is 58.1 Å². The summed E-state index contributed by atoms with van der Waals surface area (Å²) in [5.74, 6) is 2.41. The molecule has 26 heavy (non-hydrogen) atoms. The molecule has 1 aliphatic carbocycles. The van der Waals surface area contributed by atoms with Gasteiger partial charge >= 0.3 is 0 Å². The summed E-state index contributed by atoms with van der Waals surface area (Å²) < 4.78 is 11.8. The Kier molecular flexibility index (Phi) is 5.81. The lowest BCUT2D eigenvalue weighted by Crippen LogP contribution is -2.42. The van der Waals surface area contributed by atoms with Crippen LogP contribution in [0.1, 0.15) is 62.3 Å². The average Bonchev–Trinajstić information content (AvgIpc) is 3.27. The lowest BCUT2D eigenvalue weighted by Gasteiger charge is -2.23. The molecule has 2 atom stereocenters. The second-order valence-electron chi connectivity index (χ2n) is 6.88. The van der Waals surface area contributed by atoms with Crippen molar-refractivity contribution in [3.63, 3.8) is 0 Å². The second-order valence-corrected chi connectivity index (χ2v) is 6.88. The van der Waals surface area contributed by atoms with Gasteiger partial charge in [-0.25, -0.2) is 4.98 Å². The van der Waals surface area contributed by atoms with Gasteiger partial charge < -0.3 is 19.8 Å². The first-order valence-electron chi connectivity index (χ1n) is 9.32. The average molecular weight is 357 g/mol. The van der Waals surface area contributed by atoms with E-state index in [2.05, 4.69) is 15.3 Å². The topological polar surface area (TPSA) is 76.2 Å². The Balaban J connectivity index is 1.65. The summed E-state index contributed by atoms with van der Waals surface area (Å²) in [7, 11) is 0. The predicted octanol–water partition coefficient (Wildman–Crippen LogP) is 3.66. The number of hydrogen-bond acceptors (Lipinski definition) is 4. The zero-order valence-corrected chi connectivity index (χ0v) is 15.6. The van der Waals surface area contributed by atoms with Gasteiger partial charge in [-0.3, -0.25) is 4.79 Å². The lowest BCUT2D eigenvalue weighted by molar-refractivity contribution is 0.0887. The van der Waals surface area contributed by atoms with E-state index >= 15 is 0 Å². The third-order valence-corrected chi connectivity index (χ3v) is 4.58. The molecule has 1 aromatic carbocycles. The molecule has 2 N–H and O–H groups in total. The van der Waals surface area contributed by atoms with Gasteiger partial charge in [0.05, 0.1) is 18.8 Å². The van der Waals surface area contributed by atoms with E-state index in [1.54, 1.807) is 6.20 Å². The van der Waals surface area contributed by atoms with E-state index in [0.717, 1.165) is 36.6 Å². The number of para-hydroxylation sites is 2. The first-order chi connectivity index (χ1) is 12.6. The molecule has 0 saturated heterocycles. The maximum Gasteiger partial charge on any atom is 0.269 e. The first-order valence-corrected chi connectivity index (χ1v) is 9.32. The maximum atomic E-state index is 12.5. The number of rotatable bonds is 7. The number of amides is 1. The SMILES string of the molecule is CCOc1ccccc1O[C@@H]1CCC[C@H]1NC(=O)c1cnc(C(C)C)[nH]1. The van der Waals surface area contributed by atoms with Crippen LogP contribution in [0.25, 0.3) is 0 Å². The minimum absolute atomic E-state index is 0.0250. The summed E-state index contributed by atoms with van der Waals surface area (Å²) in [4.78, 5) is 19.9. The molecule has 1 saturated carbocycles. The van der Waals surface area contributed by atoms with Gasteiger partial charge in [0, 0.05) is 5.92 Å². The normalized spacial score (nSPS) is 19.5. The number of aromatic nitrogens is 2. The molecule has 0 radical (unpaired) electrons. The first kappa shape index (κ1) is 18.3. The monoisotopic (exact) mass is 357 g/mol. The van der Waals surface area contributed by atoms with Gasteiger partial charge in [-0.15, -0.1) is 0 Å². The molecule has 2 aromatic rings. The molecule has 3 rings (SSSR count). The second kappa shape index (κ2) is 8.25. The van der Waals surface area contributed by atoms with Crippen molar-refractivity contribution >= 4 is 5.91 Å². The Hall–Kier alpha value is -2.50. The fraction of sp³-hybridized carbons (Fsp3) is 0.500. The van der Waals surface area contributed by atoms with Gasteiger partial charge in [-0.1, -0.05) is 26.0 Å².